The van der Waals surface area contributed by atoms with E-state index in [0.29, 0.717) is 0 Å². The second-order valence-electron chi connectivity index (χ2n) is 6.58. The fraction of sp³-hybridized carbons (Fsp3) is 0.217. The van der Waals surface area contributed by atoms with E-state index in [1.807, 2.05) is 18.2 Å². The molecule has 1 N–H and O–H groups in total. The fourth-order valence-corrected chi connectivity index (χ4v) is 3.73. The molecule has 1 unspecified atom stereocenters. The molecule has 4 rings (SSSR count). The van der Waals surface area contributed by atoms with Gasteiger partial charge < -0.3 is 9.67 Å². The number of benzene rings is 3. The number of para-hydroxylation sites is 1. The summed E-state index contributed by atoms with van der Waals surface area (Å²) in [4.78, 5) is 0. The van der Waals surface area contributed by atoms with Crippen molar-refractivity contribution in [3.05, 3.63) is 83.9 Å². The molecule has 4 aromatic rings. The minimum absolute atomic E-state index is 0.437. The molecule has 25 heavy (non-hydrogen) atoms. The average Bonchev–Trinajstić information content (AvgIpc) is 3.00. The summed E-state index contributed by atoms with van der Waals surface area (Å²) in [7, 11) is 0. The third-order valence-electron chi connectivity index (χ3n) is 5.05. The molecule has 2 nitrogen and oxygen atoms in total. The summed E-state index contributed by atoms with van der Waals surface area (Å²) in [5, 5.41) is 13.2. The molecule has 0 bridgehead atoms. The third kappa shape index (κ3) is 2.94. The summed E-state index contributed by atoms with van der Waals surface area (Å²) in [6.07, 6.45) is 1.19. The summed E-state index contributed by atoms with van der Waals surface area (Å²) in [5.74, 6) is 0. The molecular formula is C23H23NO. The van der Waals surface area contributed by atoms with Crippen LogP contribution in [0.25, 0.3) is 21.8 Å². The van der Waals surface area contributed by atoms with Crippen molar-refractivity contribution in [2.75, 3.05) is 0 Å². The SMILES string of the molecule is CCn1c2ccccc2c2cc(C(O)CCc3ccccc3)ccc21. The summed E-state index contributed by atoms with van der Waals surface area (Å²) in [6.45, 7) is 3.12. The molecule has 0 fully saturated rings. The smallest absolute Gasteiger partial charge is 0.0793 e. The zero-order valence-corrected chi connectivity index (χ0v) is 14.5. The van der Waals surface area contributed by atoms with Gasteiger partial charge in [-0.15, -0.1) is 0 Å². The Morgan fingerprint density at radius 1 is 0.840 bits per heavy atom. The number of aliphatic hydroxyl groups excluding tert-OH is 1. The maximum absolute atomic E-state index is 10.7. The lowest BCUT2D eigenvalue weighted by molar-refractivity contribution is 0.168. The van der Waals surface area contributed by atoms with E-state index in [-0.39, 0.29) is 0 Å². The van der Waals surface area contributed by atoms with E-state index in [2.05, 4.69) is 66.1 Å². The van der Waals surface area contributed by atoms with Gasteiger partial charge in [0.15, 0.2) is 0 Å². The Kier molecular flexibility index (Phi) is 4.29. The van der Waals surface area contributed by atoms with E-state index < -0.39 is 6.10 Å². The van der Waals surface area contributed by atoms with Crippen LogP contribution in [-0.4, -0.2) is 9.67 Å². The molecule has 3 aromatic carbocycles. The van der Waals surface area contributed by atoms with Crippen molar-refractivity contribution >= 4 is 21.8 Å². The highest BCUT2D eigenvalue weighted by atomic mass is 16.3. The highest BCUT2D eigenvalue weighted by Crippen LogP contribution is 2.31. The van der Waals surface area contributed by atoms with Gasteiger partial charge in [0.25, 0.3) is 0 Å². The van der Waals surface area contributed by atoms with Crippen LogP contribution in [0.1, 0.15) is 30.6 Å². The molecule has 0 aliphatic heterocycles. The molecule has 0 radical (unpaired) electrons. The number of nitrogens with zero attached hydrogens (tertiary/aromatic N) is 1. The van der Waals surface area contributed by atoms with Gasteiger partial charge in [-0.2, -0.15) is 0 Å². The molecule has 1 atom stereocenters. The molecule has 0 saturated carbocycles. The van der Waals surface area contributed by atoms with Crippen LogP contribution >= 0.6 is 0 Å². The lowest BCUT2D eigenvalue weighted by Gasteiger charge is -2.12. The number of hydrogen-bond acceptors (Lipinski definition) is 1. The minimum atomic E-state index is -0.437. The molecule has 0 aliphatic carbocycles. The summed E-state index contributed by atoms with van der Waals surface area (Å²) in [5.41, 5.74) is 4.77. The second kappa shape index (κ2) is 6.73. The number of aryl methyl sites for hydroxylation is 2. The Morgan fingerprint density at radius 3 is 2.36 bits per heavy atom. The first kappa shape index (κ1) is 15.9. The van der Waals surface area contributed by atoms with E-state index in [1.54, 1.807) is 0 Å². The molecule has 0 spiro atoms. The van der Waals surface area contributed by atoms with Gasteiger partial charge in [-0.3, -0.25) is 0 Å². The van der Waals surface area contributed by atoms with Crippen LogP contribution < -0.4 is 0 Å². The third-order valence-corrected chi connectivity index (χ3v) is 5.05. The Labute approximate surface area is 148 Å². The number of hydrogen-bond donors (Lipinski definition) is 1. The average molecular weight is 329 g/mol. The predicted molar refractivity (Wildman–Crippen MR) is 105 cm³/mol. The highest BCUT2D eigenvalue weighted by molar-refractivity contribution is 6.08. The van der Waals surface area contributed by atoms with E-state index in [4.69, 9.17) is 0 Å². The maximum atomic E-state index is 10.7. The highest BCUT2D eigenvalue weighted by Gasteiger charge is 2.13. The first-order chi connectivity index (χ1) is 12.3. The molecule has 0 saturated heterocycles. The van der Waals surface area contributed by atoms with Gasteiger partial charge in [0, 0.05) is 28.4 Å². The fourth-order valence-electron chi connectivity index (χ4n) is 3.73. The number of aromatic nitrogens is 1. The maximum Gasteiger partial charge on any atom is 0.0793 e. The first-order valence-electron chi connectivity index (χ1n) is 9.01. The Balaban J connectivity index is 1.67. The van der Waals surface area contributed by atoms with Crippen molar-refractivity contribution in [2.24, 2.45) is 0 Å². The lowest BCUT2D eigenvalue weighted by Crippen LogP contribution is -2.00. The van der Waals surface area contributed by atoms with Crippen molar-refractivity contribution in [1.29, 1.82) is 0 Å². The molecule has 1 aromatic heterocycles. The van der Waals surface area contributed by atoms with Crippen LogP contribution in [-0.2, 0) is 13.0 Å². The van der Waals surface area contributed by atoms with Gasteiger partial charge in [0.1, 0.15) is 0 Å². The molecule has 2 heteroatoms. The number of fused-ring (bicyclic) bond motifs is 3. The monoisotopic (exact) mass is 329 g/mol. The Hall–Kier alpha value is -2.58. The van der Waals surface area contributed by atoms with Crippen molar-refractivity contribution in [1.82, 2.24) is 4.57 Å². The van der Waals surface area contributed by atoms with Crippen molar-refractivity contribution in [3.63, 3.8) is 0 Å². The van der Waals surface area contributed by atoms with Crippen molar-refractivity contribution < 1.29 is 5.11 Å². The molecule has 1 heterocycles. The van der Waals surface area contributed by atoms with Gasteiger partial charge in [-0.1, -0.05) is 54.6 Å². The van der Waals surface area contributed by atoms with Crippen molar-refractivity contribution in [3.8, 4) is 0 Å². The minimum Gasteiger partial charge on any atom is -0.388 e. The van der Waals surface area contributed by atoms with Gasteiger partial charge in [0.2, 0.25) is 0 Å². The van der Waals surface area contributed by atoms with Gasteiger partial charge in [0.05, 0.1) is 6.10 Å². The van der Waals surface area contributed by atoms with Crippen LogP contribution in [0.3, 0.4) is 0 Å². The standard InChI is InChI=1S/C23H23NO/c1-2-24-21-11-7-6-10-19(21)20-16-18(13-14-22(20)24)23(25)15-12-17-8-4-3-5-9-17/h3-11,13-14,16,23,25H,2,12,15H2,1H3. The van der Waals surface area contributed by atoms with E-state index in [1.165, 1.54) is 27.4 Å². The first-order valence-corrected chi connectivity index (χ1v) is 9.01. The van der Waals surface area contributed by atoms with Crippen LogP contribution in [0.15, 0.2) is 72.8 Å². The Bertz CT molecular complexity index is 1000. The summed E-state index contributed by atoms with van der Waals surface area (Å²) in [6, 6.07) is 25.3. The van der Waals surface area contributed by atoms with Crippen LogP contribution in [0, 0.1) is 0 Å². The van der Waals surface area contributed by atoms with Crippen molar-refractivity contribution in [2.45, 2.75) is 32.4 Å². The van der Waals surface area contributed by atoms with E-state index in [9.17, 15) is 5.11 Å². The molecule has 0 aliphatic rings. The number of aliphatic hydroxyl groups is 1. The van der Waals surface area contributed by atoms with Gasteiger partial charge in [-0.05, 0) is 49.1 Å². The quantitative estimate of drug-likeness (QED) is 0.515. The molecule has 0 amide bonds. The Morgan fingerprint density at radius 2 is 1.56 bits per heavy atom. The van der Waals surface area contributed by atoms with E-state index >= 15 is 0 Å². The predicted octanol–water partition coefficient (Wildman–Crippen LogP) is 5.48. The molecule has 126 valence electrons. The summed E-state index contributed by atoms with van der Waals surface area (Å²) >= 11 is 0. The lowest BCUT2D eigenvalue weighted by atomic mass is 9.99. The van der Waals surface area contributed by atoms with Crippen LogP contribution in [0.4, 0.5) is 0 Å². The van der Waals surface area contributed by atoms with Crippen LogP contribution in [0.2, 0.25) is 0 Å². The van der Waals surface area contributed by atoms with Crippen LogP contribution in [0.5, 0.6) is 0 Å². The zero-order chi connectivity index (χ0) is 17.2. The number of rotatable bonds is 5. The topological polar surface area (TPSA) is 25.2 Å². The normalized spacial score (nSPS) is 12.7. The largest absolute Gasteiger partial charge is 0.388 e. The van der Waals surface area contributed by atoms with Gasteiger partial charge in [-0.25, -0.2) is 0 Å². The molecular weight excluding hydrogens is 306 g/mol. The summed E-state index contributed by atoms with van der Waals surface area (Å²) < 4.78 is 2.34. The zero-order valence-electron chi connectivity index (χ0n) is 14.5. The second-order valence-corrected chi connectivity index (χ2v) is 6.58. The van der Waals surface area contributed by atoms with Gasteiger partial charge >= 0.3 is 0 Å². The van der Waals surface area contributed by atoms with E-state index in [0.717, 1.165) is 24.9 Å².